The van der Waals surface area contributed by atoms with Gasteiger partial charge < -0.3 is 10.5 Å². The summed E-state index contributed by atoms with van der Waals surface area (Å²) in [5.41, 5.74) is 6.55. The average molecular weight is 262 g/mol. The van der Waals surface area contributed by atoms with Crippen LogP contribution in [0.2, 0.25) is 5.02 Å². The lowest BCUT2D eigenvalue weighted by atomic mass is 10.2. The number of nitrogens with zero attached hydrogens (tertiary/aromatic N) is 2. The van der Waals surface area contributed by atoms with Crippen LogP contribution in [0.4, 0.5) is 5.95 Å². The first-order valence-electron chi connectivity index (χ1n) is 5.38. The van der Waals surface area contributed by atoms with Crippen molar-refractivity contribution in [1.29, 1.82) is 0 Å². The molecule has 0 amide bonds. The van der Waals surface area contributed by atoms with Gasteiger partial charge in [0.25, 0.3) is 0 Å². The number of rotatable bonds is 4. The van der Waals surface area contributed by atoms with Crippen LogP contribution in [0.1, 0.15) is 5.56 Å². The van der Waals surface area contributed by atoms with Crippen molar-refractivity contribution in [3.05, 3.63) is 53.2 Å². The van der Waals surface area contributed by atoms with E-state index in [0.29, 0.717) is 17.5 Å². The minimum atomic E-state index is 0.140. The fourth-order valence-electron chi connectivity index (χ4n) is 1.34. The van der Waals surface area contributed by atoms with Crippen molar-refractivity contribution in [3.8, 4) is 5.88 Å². The summed E-state index contributed by atoms with van der Waals surface area (Å²) < 4.78 is 5.39. The molecule has 0 aliphatic rings. The summed E-state index contributed by atoms with van der Waals surface area (Å²) in [6.07, 6.45) is 5.25. The third kappa shape index (κ3) is 3.46. The molecule has 0 atom stereocenters. The maximum absolute atomic E-state index is 5.86. The maximum atomic E-state index is 5.86. The van der Waals surface area contributed by atoms with E-state index in [9.17, 15) is 0 Å². The number of ether oxygens (including phenoxy) is 1. The lowest BCUT2D eigenvalue weighted by Crippen LogP contribution is -2.01. The van der Waals surface area contributed by atoms with Gasteiger partial charge in [0.15, 0.2) is 0 Å². The SMILES string of the molecule is Nc1ncc(Cl)c(OC/C=C/c2ccccc2)n1. The zero-order valence-electron chi connectivity index (χ0n) is 9.58. The van der Waals surface area contributed by atoms with Crippen LogP contribution in [0.15, 0.2) is 42.6 Å². The van der Waals surface area contributed by atoms with Gasteiger partial charge in [-0.05, 0) is 11.6 Å². The molecular weight excluding hydrogens is 250 g/mol. The molecule has 0 aliphatic carbocycles. The van der Waals surface area contributed by atoms with Gasteiger partial charge in [0.05, 0.1) is 6.20 Å². The van der Waals surface area contributed by atoms with Crippen molar-refractivity contribution >= 4 is 23.6 Å². The van der Waals surface area contributed by atoms with Crippen LogP contribution in [0.25, 0.3) is 6.08 Å². The number of anilines is 1. The summed E-state index contributed by atoms with van der Waals surface area (Å²) >= 11 is 5.86. The minimum absolute atomic E-state index is 0.140. The molecule has 1 heterocycles. The molecule has 2 aromatic rings. The summed E-state index contributed by atoms with van der Waals surface area (Å²) in [5.74, 6) is 0.434. The van der Waals surface area contributed by atoms with Crippen molar-refractivity contribution < 1.29 is 4.74 Å². The number of hydrogen-bond acceptors (Lipinski definition) is 4. The van der Waals surface area contributed by atoms with Gasteiger partial charge in [0, 0.05) is 0 Å². The summed E-state index contributed by atoms with van der Waals surface area (Å²) in [6, 6.07) is 9.93. The van der Waals surface area contributed by atoms with Gasteiger partial charge in [-0.25, -0.2) is 4.98 Å². The van der Waals surface area contributed by atoms with Crippen molar-refractivity contribution in [2.24, 2.45) is 0 Å². The largest absolute Gasteiger partial charge is 0.472 e. The molecule has 0 radical (unpaired) electrons. The standard InChI is InChI=1S/C13H12ClN3O/c14-11-9-16-13(15)17-12(11)18-8-4-7-10-5-2-1-3-6-10/h1-7,9H,8H2,(H2,15,16,17)/b7-4+. The highest BCUT2D eigenvalue weighted by Gasteiger charge is 2.03. The molecule has 0 bridgehead atoms. The number of nitrogens with two attached hydrogens (primary N) is 1. The van der Waals surface area contributed by atoms with E-state index in [1.807, 2.05) is 42.5 Å². The Kier molecular flexibility index (Phi) is 4.15. The molecule has 2 rings (SSSR count). The fourth-order valence-corrected chi connectivity index (χ4v) is 1.49. The molecule has 18 heavy (non-hydrogen) atoms. The molecular formula is C13H12ClN3O. The zero-order valence-corrected chi connectivity index (χ0v) is 10.3. The van der Waals surface area contributed by atoms with Crippen molar-refractivity contribution in [2.45, 2.75) is 0 Å². The monoisotopic (exact) mass is 261 g/mol. The van der Waals surface area contributed by atoms with E-state index >= 15 is 0 Å². The first-order chi connectivity index (χ1) is 8.75. The number of hydrogen-bond donors (Lipinski definition) is 1. The van der Waals surface area contributed by atoms with Gasteiger partial charge in [-0.3, -0.25) is 0 Å². The Morgan fingerprint density at radius 1 is 1.28 bits per heavy atom. The summed E-state index contributed by atoms with van der Waals surface area (Å²) in [5, 5.41) is 0.345. The highest BCUT2D eigenvalue weighted by molar-refractivity contribution is 6.31. The van der Waals surface area contributed by atoms with Crippen molar-refractivity contribution in [1.82, 2.24) is 9.97 Å². The Morgan fingerprint density at radius 3 is 2.83 bits per heavy atom. The molecule has 4 nitrogen and oxygen atoms in total. The van der Waals surface area contributed by atoms with E-state index in [1.165, 1.54) is 6.20 Å². The van der Waals surface area contributed by atoms with E-state index in [-0.39, 0.29) is 5.95 Å². The first-order valence-corrected chi connectivity index (χ1v) is 5.76. The lowest BCUT2D eigenvalue weighted by molar-refractivity contribution is 0.349. The van der Waals surface area contributed by atoms with Gasteiger partial charge in [-0.1, -0.05) is 48.0 Å². The second kappa shape index (κ2) is 6.02. The van der Waals surface area contributed by atoms with Gasteiger partial charge >= 0.3 is 0 Å². The van der Waals surface area contributed by atoms with Crippen LogP contribution in [0.5, 0.6) is 5.88 Å². The minimum Gasteiger partial charge on any atom is -0.472 e. The molecule has 0 saturated heterocycles. The zero-order chi connectivity index (χ0) is 12.8. The first kappa shape index (κ1) is 12.4. The Balaban J connectivity index is 1.92. The second-order valence-electron chi connectivity index (χ2n) is 3.51. The molecule has 0 unspecified atom stereocenters. The predicted octanol–water partition coefficient (Wildman–Crippen LogP) is 2.80. The highest BCUT2D eigenvalue weighted by atomic mass is 35.5. The van der Waals surface area contributed by atoms with E-state index in [1.54, 1.807) is 0 Å². The van der Waals surface area contributed by atoms with Crippen LogP contribution < -0.4 is 10.5 Å². The molecule has 5 heteroatoms. The molecule has 0 spiro atoms. The number of benzene rings is 1. The molecule has 1 aromatic heterocycles. The quantitative estimate of drug-likeness (QED) is 0.919. The molecule has 1 aromatic carbocycles. The number of aromatic nitrogens is 2. The van der Waals surface area contributed by atoms with Crippen LogP contribution in [-0.4, -0.2) is 16.6 Å². The van der Waals surface area contributed by atoms with E-state index in [0.717, 1.165) is 5.56 Å². The van der Waals surface area contributed by atoms with Crippen LogP contribution >= 0.6 is 11.6 Å². The van der Waals surface area contributed by atoms with Crippen molar-refractivity contribution in [2.75, 3.05) is 12.3 Å². The molecule has 92 valence electrons. The van der Waals surface area contributed by atoms with Gasteiger partial charge in [0.2, 0.25) is 11.8 Å². The Labute approximate surface area is 110 Å². The Bertz CT molecular complexity index is 543. The lowest BCUT2D eigenvalue weighted by Gasteiger charge is -2.04. The third-order valence-electron chi connectivity index (χ3n) is 2.16. The van der Waals surface area contributed by atoms with Crippen LogP contribution in [0.3, 0.4) is 0 Å². The molecule has 0 fully saturated rings. The van der Waals surface area contributed by atoms with Gasteiger partial charge in [-0.15, -0.1) is 0 Å². The van der Waals surface area contributed by atoms with Gasteiger partial charge in [0.1, 0.15) is 11.6 Å². The average Bonchev–Trinajstić information content (AvgIpc) is 2.40. The summed E-state index contributed by atoms with van der Waals surface area (Å²) in [6.45, 7) is 0.366. The van der Waals surface area contributed by atoms with Crippen LogP contribution in [0, 0.1) is 0 Å². The van der Waals surface area contributed by atoms with E-state index in [2.05, 4.69) is 9.97 Å². The van der Waals surface area contributed by atoms with Crippen molar-refractivity contribution in [3.63, 3.8) is 0 Å². The summed E-state index contributed by atoms with van der Waals surface area (Å²) in [4.78, 5) is 7.65. The Hall–Kier alpha value is -2.07. The molecule has 0 aliphatic heterocycles. The topological polar surface area (TPSA) is 61.0 Å². The third-order valence-corrected chi connectivity index (χ3v) is 2.42. The van der Waals surface area contributed by atoms with Gasteiger partial charge in [-0.2, -0.15) is 4.98 Å². The summed E-state index contributed by atoms with van der Waals surface area (Å²) in [7, 11) is 0. The smallest absolute Gasteiger partial charge is 0.237 e. The fraction of sp³-hybridized carbons (Fsp3) is 0.0769. The van der Waals surface area contributed by atoms with E-state index in [4.69, 9.17) is 22.1 Å². The predicted molar refractivity (Wildman–Crippen MR) is 72.4 cm³/mol. The molecule has 0 saturated carbocycles. The number of halogens is 1. The number of nitrogen functional groups attached to an aromatic ring is 1. The van der Waals surface area contributed by atoms with E-state index < -0.39 is 0 Å². The molecule has 2 N–H and O–H groups in total. The Morgan fingerprint density at radius 2 is 2.06 bits per heavy atom. The van der Waals surface area contributed by atoms with Crippen LogP contribution in [-0.2, 0) is 0 Å². The normalized spacial score (nSPS) is 10.7. The highest BCUT2D eigenvalue weighted by Crippen LogP contribution is 2.20. The maximum Gasteiger partial charge on any atom is 0.237 e. The second-order valence-corrected chi connectivity index (χ2v) is 3.91.